The van der Waals surface area contributed by atoms with E-state index in [0.717, 1.165) is 35.6 Å². The number of benzene rings is 1. The van der Waals surface area contributed by atoms with Crippen LogP contribution in [0, 0.1) is 0 Å². The van der Waals surface area contributed by atoms with Crippen molar-refractivity contribution >= 4 is 27.5 Å². The number of rotatable bonds is 7. The summed E-state index contributed by atoms with van der Waals surface area (Å²) in [6, 6.07) is 5.88. The number of nitrogens with one attached hydrogen (secondary N) is 1. The van der Waals surface area contributed by atoms with Crippen LogP contribution in [0.1, 0.15) is 44.1 Å². The predicted octanol–water partition coefficient (Wildman–Crippen LogP) is 4.93. The molecule has 4 heteroatoms. The molecule has 112 valence electrons. The maximum Gasteiger partial charge on any atom is 0.0575 e. The highest BCUT2D eigenvalue weighted by Gasteiger charge is 2.12. The number of halogens is 2. The molecule has 0 unspecified atom stereocenters. The van der Waals surface area contributed by atoms with Crippen LogP contribution in [0.25, 0.3) is 0 Å². The van der Waals surface area contributed by atoms with Gasteiger partial charge in [-0.3, -0.25) is 0 Å². The first-order valence-corrected chi connectivity index (χ1v) is 8.69. The minimum Gasteiger partial charge on any atom is -0.378 e. The first-order chi connectivity index (χ1) is 9.75. The summed E-state index contributed by atoms with van der Waals surface area (Å²) in [5, 5.41) is 4.22. The smallest absolute Gasteiger partial charge is 0.0575 e. The highest BCUT2D eigenvalue weighted by molar-refractivity contribution is 9.10. The van der Waals surface area contributed by atoms with E-state index in [1.807, 2.05) is 18.2 Å². The number of hydrogen-bond donors (Lipinski definition) is 1. The zero-order valence-corrected chi connectivity index (χ0v) is 14.2. The molecule has 0 bridgehead atoms. The van der Waals surface area contributed by atoms with Gasteiger partial charge in [0.05, 0.1) is 6.10 Å². The van der Waals surface area contributed by atoms with Gasteiger partial charge in [0.25, 0.3) is 0 Å². The van der Waals surface area contributed by atoms with Crippen molar-refractivity contribution < 1.29 is 4.74 Å². The summed E-state index contributed by atoms with van der Waals surface area (Å²) in [7, 11) is 0. The van der Waals surface area contributed by atoms with Crippen molar-refractivity contribution in [1.29, 1.82) is 0 Å². The molecule has 0 spiro atoms. The molecule has 1 aromatic rings. The van der Waals surface area contributed by atoms with Crippen molar-refractivity contribution in [3.05, 3.63) is 33.3 Å². The molecule has 2 rings (SSSR count). The number of hydrogen-bond acceptors (Lipinski definition) is 2. The Hall–Kier alpha value is -0.0900. The molecule has 0 heterocycles. The first kappa shape index (κ1) is 16.3. The van der Waals surface area contributed by atoms with Gasteiger partial charge in [-0.2, -0.15) is 0 Å². The van der Waals surface area contributed by atoms with Crippen molar-refractivity contribution in [3.8, 4) is 0 Å². The maximum absolute atomic E-state index is 6.00. The fourth-order valence-electron chi connectivity index (χ4n) is 2.58. The molecule has 1 aliphatic carbocycles. The van der Waals surface area contributed by atoms with Crippen LogP contribution in [0.15, 0.2) is 22.7 Å². The van der Waals surface area contributed by atoms with Crippen LogP contribution in [-0.2, 0) is 11.3 Å². The summed E-state index contributed by atoms with van der Waals surface area (Å²) in [4.78, 5) is 0. The molecule has 1 N–H and O–H groups in total. The van der Waals surface area contributed by atoms with Crippen LogP contribution >= 0.6 is 27.5 Å². The highest BCUT2D eigenvalue weighted by atomic mass is 79.9. The van der Waals surface area contributed by atoms with E-state index in [-0.39, 0.29) is 0 Å². The van der Waals surface area contributed by atoms with E-state index < -0.39 is 0 Å². The topological polar surface area (TPSA) is 21.3 Å². The van der Waals surface area contributed by atoms with Crippen molar-refractivity contribution in [2.24, 2.45) is 0 Å². The van der Waals surface area contributed by atoms with Crippen LogP contribution in [0.3, 0.4) is 0 Å². The Morgan fingerprint density at radius 1 is 1.25 bits per heavy atom. The van der Waals surface area contributed by atoms with Gasteiger partial charge in [-0.05, 0) is 49.6 Å². The first-order valence-electron chi connectivity index (χ1n) is 7.52. The third-order valence-electron chi connectivity index (χ3n) is 3.73. The lowest BCUT2D eigenvalue weighted by Gasteiger charge is -2.21. The second-order valence-corrected chi connectivity index (χ2v) is 6.69. The quantitative estimate of drug-likeness (QED) is 0.696. The summed E-state index contributed by atoms with van der Waals surface area (Å²) in [5.41, 5.74) is 1.20. The Labute approximate surface area is 135 Å². The zero-order chi connectivity index (χ0) is 14.2. The van der Waals surface area contributed by atoms with Crippen LogP contribution in [0.5, 0.6) is 0 Å². The third-order valence-corrected chi connectivity index (χ3v) is 4.74. The average molecular weight is 361 g/mol. The lowest BCUT2D eigenvalue weighted by molar-refractivity contribution is 0.0273. The van der Waals surface area contributed by atoms with Gasteiger partial charge in [0, 0.05) is 22.6 Å². The second-order valence-electron chi connectivity index (χ2n) is 5.40. The minimum absolute atomic E-state index is 0.519. The van der Waals surface area contributed by atoms with E-state index in [4.69, 9.17) is 16.3 Å². The Morgan fingerprint density at radius 3 is 2.85 bits per heavy atom. The van der Waals surface area contributed by atoms with Gasteiger partial charge in [0.2, 0.25) is 0 Å². The molecule has 1 aliphatic rings. The SMILES string of the molecule is Clc1ccc(Br)c(CNCCCOC2CCCCC2)c1. The summed E-state index contributed by atoms with van der Waals surface area (Å²) in [6.07, 6.45) is 8.15. The zero-order valence-electron chi connectivity index (χ0n) is 11.8. The Bertz CT molecular complexity index is 407. The van der Waals surface area contributed by atoms with Crippen molar-refractivity contribution in [2.45, 2.75) is 51.2 Å². The second kappa shape index (κ2) is 9.04. The van der Waals surface area contributed by atoms with Gasteiger partial charge >= 0.3 is 0 Å². The van der Waals surface area contributed by atoms with Crippen LogP contribution in [0.2, 0.25) is 5.02 Å². The molecule has 1 aromatic carbocycles. The molecule has 1 fully saturated rings. The van der Waals surface area contributed by atoms with Crippen molar-refractivity contribution in [2.75, 3.05) is 13.2 Å². The van der Waals surface area contributed by atoms with Crippen LogP contribution in [0.4, 0.5) is 0 Å². The minimum atomic E-state index is 0.519. The molecule has 20 heavy (non-hydrogen) atoms. The largest absolute Gasteiger partial charge is 0.378 e. The van der Waals surface area contributed by atoms with E-state index in [0.29, 0.717) is 6.10 Å². The molecular weight excluding hydrogens is 338 g/mol. The molecule has 0 aliphatic heterocycles. The molecule has 0 atom stereocenters. The predicted molar refractivity (Wildman–Crippen MR) is 88.3 cm³/mol. The Morgan fingerprint density at radius 2 is 2.05 bits per heavy atom. The fourth-order valence-corrected chi connectivity index (χ4v) is 3.16. The van der Waals surface area contributed by atoms with Gasteiger partial charge < -0.3 is 10.1 Å². The van der Waals surface area contributed by atoms with Gasteiger partial charge in [-0.25, -0.2) is 0 Å². The fraction of sp³-hybridized carbons (Fsp3) is 0.625. The lowest BCUT2D eigenvalue weighted by atomic mass is 9.98. The highest BCUT2D eigenvalue weighted by Crippen LogP contribution is 2.21. The van der Waals surface area contributed by atoms with Gasteiger partial charge in [0.1, 0.15) is 0 Å². The molecule has 0 aromatic heterocycles. The summed E-state index contributed by atoms with van der Waals surface area (Å²) in [6.45, 7) is 2.69. The van der Waals surface area contributed by atoms with Crippen LogP contribution < -0.4 is 5.32 Å². The van der Waals surface area contributed by atoms with E-state index in [9.17, 15) is 0 Å². The monoisotopic (exact) mass is 359 g/mol. The molecule has 1 saturated carbocycles. The maximum atomic E-state index is 6.00. The van der Waals surface area contributed by atoms with E-state index in [1.165, 1.54) is 37.7 Å². The van der Waals surface area contributed by atoms with E-state index in [1.54, 1.807) is 0 Å². The average Bonchev–Trinajstić information content (AvgIpc) is 2.47. The number of ether oxygens (including phenoxy) is 1. The summed E-state index contributed by atoms with van der Waals surface area (Å²) in [5.74, 6) is 0. The van der Waals surface area contributed by atoms with Gasteiger partial charge in [0.15, 0.2) is 0 Å². The molecule has 0 saturated heterocycles. The van der Waals surface area contributed by atoms with Crippen LogP contribution in [-0.4, -0.2) is 19.3 Å². The van der Waals surface area contributed by atoms with Gasteiger partial charge in [-0.1, -0.05) is 46.8 Å². The van der Waals surface area contributed by atoms with Crippen molar-refractivity contribution in [1.82, 2.24) is 5.32 Å². The van der Waals surface area contributed by atoms with E-state index >= 15 is 0 Å². The van der Waals surface area contributed by atoms with Gasteiger partial charge in [-0.15, -0.1) is 0 Å². The summed E-state index contributed by atoms with van der Waals surface area (Å²) >= 11 is 9.54. The molecule has 0 amide bonds. The molecule has 2 nitrogen and oxygen atoms in total. The Balaban J connectivity index is 1.56. The third kappa shape index (κ3) is 5.72. The van der Waals surface area contributed by atoms with Crippen molar-refractivity contribution in [3.63, 3.8) is 0 Å². The normalized spacial score (nSPS) is 16.5. The Kier molecular flexibility index (Phi) is 7.36. The molecular formula is C16H23BrClNO. The summed E-state index contributed by atoms with van der Waals surface area (Å²) < 4.78 is 7.01. The standard InChI is InChI=1S/C16H23BrClNO/c17-16-8-7-14(18)11-13(16)12-19-9-4-10-20-15-5-2-1-3-6-15/h7-8,11,15,19H,1-6,9-10,12H2. The molecule has 0 radical (unpaired) electrons. The lowest BCUT2D eigenvalue weighted by Crippen LogP contribution is -2.20. The van der Waals surface area contributed by atoms with E-state index in [2.05, 4.69) is 21.2 Å².